The van der Waals surface area contributed by atoms with Gasteiger partial charge in [0.2, 0.25) is 5.91 Å². The van der Waals surface area contributed by atoms with Gasteiger partial charge in [-0.3, -0.25) is 4.79 Å². The number of carbonyl (C=O) groups excluding carboxylic acids is 2. The first-order valence-electron chi connectivity index (χ1n) is 11.1. The van der Waals surface area contributed by atoms with Gasteiger partial charge in [0.25, 0.3) is 0 Å². The first-order valence-corrected chi connectivity index (χ1v) is 11.1. The molecular formula is C24H37NO6. The smallest absolute Gasteiger partial charge is 0.329 e. The Kier molecular flexibility index (Phi) is 14.2. The lowest BCUT2D eigenvalue weighted by molar-refractivity contribution is -0.153. The number of benzene rings is 1. The van der Waals surface area contributed by atoms with Crippen LogP contribution in [0.15, 0.2) is 43.0 Å². The molecule has 3 atom stereocenters. The Hall–Kier alpha value is -2.22. The molecule has 0 saturated heterocycles. The fraction of sp³-hybridized carbons (Fsp3) is 0.583. The molecule has 0 spiro atoms. The van der Waals surface area contributed by atoms with Crippen molar-refractivity contribution in [3.63, 3.8) is 0 Å². The largest absolute Gasteiger partial charge is 0.461 e. The summed E-state index contributed by atoms with van der Waals surface area (Å²) >= 11 is 0. The summed E-state index contributed by atoms with van der Waals surface area (Å²) in [4.78, 5) is 24.9. The van der Waals surface area contributed by atoms with Crippen LogP contribution in [0.4, 0.5) is 0 Å². The lowest BCUT2D eigenvalue weighted by Gasteiger charge is -2.20. The molecule has 0 aliphatic heterocycles. The van der Waals surface area contributed by atoms with E-state index in [2.05, 4.69) is 11.9 Å². The first kappa shape index (κ1) is 26.8. The van der Waals surface area contributed by atoms with Crippen LogP contribution in [0.3, 0.4) is 0 Å². The predicted octanol–water partition coefficient (Wildman–Crippen LogP) is 2.28. The summed E-state index contributed by atoms with van der Waals surface area (Å²) in [6.45, 7) is 2.60. The van der Waals surface area contributed by atoms with Crippen molar-refractivity contribution in [1.82, 2.24) is 5.32 Å². The molecule has 0 fully saturated rings. The summed E-state index contributed by atoms with van der Waals surface area (Å²) in [6, 6.07) is 8.35. The van der Waals surface area contributed by atoms with E-state index in [1.165, 1.54) is 6.42 Å². The molecule has 1 aromatic rings. The Labute approximate surface area is 185 Å². The van der Waals surface area contributed by atoms with E-state index in [1.54, 1.807) is 0 Å². The number of rotatable bonds is 17. The molecule has 1 aromatic carbocycles. The van der Waals surface area contributed by atoms with Crippen LogP contribution in [0.25, 0.3) is 0 Å². The molecule has 4 N–H and O–H groups in total. The van der Waals surface area contributed by atoms with E-state index >= 15 is 0 Å². The molecule has 0 aliphatic carbocycles. The van der Waals surface area contributed by atoms with Crippen molar-refractivity contribution in [1.29, 1.82) is 0 Å². The van der Waals surface area contributed by atoms with Crippen molar-refractivity contribution in [2.24, 2.45) is 0 Å². The summed E-state index contributed by atoms with van der Waals surface area (Å²) < 4.78 is 5.07. The summed E-state index contributed by atoms with van der Waals surface area (Å²) in [7, 11) is 0. The molecular weight excluding hydrogens is 398 g/mol. The van der Waals surface area contributed by atoms with E-state index in [4.69, 9.17) is 9.84 Å². The van der Waals surface area contributed by atoms with Gasteiger partial charge < -0.3 is 25.4 Å². The molecule has 0 heterocycles. The second-order valence-electron chi connectivity index (χ2n) is 7.71. The Morgan fingerprint density at radius 2 is 1.65 bits per heavy atom. The van der Waals surface area contributed by atoms with E-state index in [1.807, 2.05) is 36.4 Å². The zero-order chi connectivity index (χ0) is 22.9. The van der Waals surface area contributed by atoms with Gasteiger partial charge in [0, 0.05) is 12.8 Å². The minimum atomic E-state index is -1.40. The van der Waals surface area contributed by atoms with Crippen molar-refractivity contribution < 1.29 is 29.6 Å². The van der Waals surface area contributed by atoms with Crippen molar-refractivity contribution >= 4 is 11.9 Å². The molecule has 174 valence electrons. The molecule has 7 heteroatoms. The van der Waals surface area contributed by atoms with Gasteiger partial charge in [-0.25, -0.2) is 4.79 Å². The number of allylic oxidation sites excluding steroid dienone is 1. The number of esters is 1. The van der Waals surface area contributed by atoms with Crippen molar-refractivity contribution in [3.05, 3.63) is 48.6 Å². The highest BCUT2D eigenvalue weighted by Gasteiger charge is 2.25. The van der Waals surface area contributed by atoms with Gasteiger partial charge in [0.1, 0.15) is 24.9 Å². The molecule has 0 aromatic heterocycles. The molecule has 1 amide bonds. The number of hydrogen-bond donors (Lipinski definition) is 4. The minimum Gasteiger partial charge on any atom is -0.461 e. The fourth-order valence-electron chi connectivity index (χ4n) is 3.09. The Morgan fingerprint density at radius 3 is 2.29 bits per heavy atom. The highest BCUT2D eigenvalue weighted by molar-refractivity contribution is 5.84. The van der Waals surface area contributed by atoms with Crippen molar-refractivity contribution in [3.8, 4) is 0 Å². The maximum absolute atomic E-state index is 12.5. The van der Waals surface area contributed by atoms with Crippen LogP contribution in [0.2, 0.25) is 0 Å². The zero-order valence-corrected chi connectivity index (χ0v) is 18.2. The number of aliphatic hydroxyl groups excluding tert-OH is 3. The number of aliphatic hydroxyl groups is 3. The average Bonchev–Trinajstić information content (AvgIpc) is 2.78. The molecule has 1 rings (SSSR count). The van der Waals surface area contributed by atoms with Gasteiger partial charge in [0.05, 0.1) is 6.61 Å². The molecule has 0 aliphatic rings. The Bertz CT molecular complexity index is 636. The van der Waals surface area contributed by atoms with Crippen LogP contribution in [-0.2, 0) is 20.7 Å². The van der Waals surface area contributed by atoms with Gasteiger partial charge in [-0.2, -0.15) is 0 Å². The number of nitrogens with one attached hydrogen (secondary N) is 1. The topological polar surface area (TPSA) is 116 Å². The predicted molar refractivity (Wildman–Crippen MR) is 119 cm³/mol. The highest BCUT2D eigenvalue weighted by atomic mass is 16.5. The van der Waals surface area contributed by atoms with Crippen LogP contribution in [0, 0.1) is 0 Å². The fourth-order valence-corrected chi connectivity index (χ4v) is 3.09. The average molecular weight is 436 g/mol. The van der Waals surface area contributed by atoms with E-state index in [-0.39, 0.29) is 12.3 Å². The molecule has 7 nitrogen and oxygen atoms in total. The Balaban J connectivity index is 2.49. The third kappa shape index (κ3) is 12.3. The second kappa shape index (κ2) is 16.5. The van der Waals surface area contributed by atoms with Gasteiger partial charge in [-0.05, 0) is 24.8 Å². The first-order chi connectivity index (χ1) is 15.0. The molecule has 0 radical (unpaired) electrons. The van der Waals surface area contributed by atoms with E-state index in [0.717, 1.165) is 44.1 Å². The number of hydrogen-bond acceptors (Lipinski definition) is 6. The lowest BCUT2D eigenvalue weighted by Crippen LogP contribution is -2.44. The van der Waals surface area contributed by atoms with Crippen molar-refractivity contribution in [2.45, 2.75) is 76.0 Å². The molecule has 0 saturated carbocycles. The standard InChI is InChI=1S/C24H37NO6/c1-2-3-4-5-6-7-8-12-15-23(29)25-20(16-19-13-10-9-11-14-19)24(30)31-18-22(28)21(27)17-26/h2,9-11,13-14,20-22,26-28H,1,3-8,12,15-18H2,(H,25,29). The van der Waals surface area contributed by atoms with E-state index in [9.17, 15) is 19.8 Å². The van der Waals surface area contributed by atoms with Gasteiger partial charge in [0.15, 0.2) is 0 Å². The third-order valence-corrected chi connectivity index (χ3v) is 4.99. The second-order valence-corrected chi connectivity index (χ2v) is 7.71. The summed E-state index contributed by atoms with van der Waals surface area (Å²) in [5, 5.41) is 30.7. The van der Waals surface area contributed by atoms with Gasteiger partial charge in [-0.1, -0.05) is 62.1 Å². The van der Waals surface area contributed by atoms with Crippen LogP contribution in [0.5, 0.6) is 0 Å². The van der Waals surface area contributed by atoms with E-state index < -0.39 is 37.4 Å². The maximum Gasteiger partial charge on any atom is 0.329 e. The van der Waals surface area contributed by atoms with Crippen LogP contribution >= 0.6 is 0 Å². The van der Waals surface area contributed by atoms with Gasteiger partial charge >= 0.3 is 5.97 Å². The Morgan fingerprint density at radius 1 is 1.00 bits per heavy atom. The monoisotopic (exact) mass is 435 g/mol. The maximum atomic E-state index is 12.5. The normalized spacial score (nSPS) is 13.8. The molecule has 0 bridgehead atoms. The van der Waals surface area contributed by atoms with Crippen molar-refractivity contribution in [2.75, 3.05) is 13.2 Å². The highest BCUT2D eigenvalue weighted by Crippen LogP contribution is 2.10. The minimum absolute atomic E-state index is 0.222. The number of carbonyl (C=O) groups is 2. The SMILES string of the molecule is C=CCCCCCCCCC(=O)NC(Cc1ccccc1)C(=O)OCC(O)C(O)CO. The van der Waals surface area contributed by atoms with Crippen LogP contribution in [-0.4, -0.2) is 58.7 Å². The summed E-state index contributed by atoms with van der Waals surface area (Å²) in [5.41, 5.74) is 0.861. The number of amides is 1. The summed E-state index contributed by atoms with van der Waals surface area (Å²) in [5.74, 6) is -0.913. The number of ether oxygens (including phenoxy) is 1. The van der Waals surface area contributed by atoms with Gasteiger partial charge in [-0.15, -0.1) is 6.58 Å². The van der Waals surface area contributed by atoms with E-state index in [0.29, 0.717) is 6.42 Å². The summed E-state index contributed by atoms with van der Waals surface area (Å²) in [6.07, 6.45) is 7.00. The van der Waals surface area contributed by atoms with Crippen LogP contribution in [0.1, 0.15) is 56.9 Å². The molecule has 31 heavy (non-hydrogen) atoms. The third-order valence-electron chi connectivity index (χ3n) is 4.99. The molecule has 3 unspecified atom stereocenters. The number of unbranched alkanes of at least 4 members (excludes halogenated alkanes) is 6. The quantitative estimate of drug-likeness (QED) is 0.169. The zero-order valence-electron chi connectivity index (χ0n) is 18.2. The lowest BCUT2D eigenvalue weighted by atomic mass is 10.0. The van der Waals surface area contributed by atoms with Crippen LogP contribution < -0.4 is 5.32 Å².